The van der Waals surface area contributed by atoms with Crippen molar-refractivity contribution in [2.24, 2.45) is 0 Å². The number of rotatable bonds is 3. The smallest absolute Gasteiger partial charge is 0.225 e. The van der Waals surface area contributed by atoms with Crippen LogP contribution in [0, 0.1) is 0 Å². The van der Waals surface area contributed by atoms with E-state index in [9.17, 15) is 5.11 Å². The Morgan fingerprint density at radius 3 is 3.25 bits per heavy atom. The number of ether oxygens (including phenoxy) is 1. The number of aliphatic hydroxyl groups is 1. The molecule has 5 heteroatoms. The first-order chi connectivity index (χ1) is 7.79. The molecule has 0 spiro atoms. The van der Waals surface area contributed by atoms with Crippen molar-refractivity contribution >= 4 is 5.95 Å². The van der Waals surface area contributed by atoms with E-state index in [2.05, 4.69) is 9.97 Å². The second-order valence-corrected chi connectivity index (χ2v) is 4.02. The highest BCUT2D eigenvalue weighted by Crippen LogP contribution is 2.15. The molecule has 2 heterocycles. The van der Waals surface area contributed by atoms with Crippen molar-refractivity contribution in [2.75, 3.05) is 25.1 Å². The van der Waals surface area contributed by atoms with Crippen LogP contribution in [0.25, 0.3) is 0 Å². The number of aromatic nitrogens is 2. The van der Waals surface area contributed by atoms with E-state index < -0.39 is 0 Å². The summed E-state index contributed by atoms with van der Waals surface area (Å²) in [6.45, 7) is 2.02. The standard InChI is InChI=1S/C11H17N3O2/c1-16-8-9-4-5-12-11(13-9)14-6-2-3-10(15)7-14/h4-5,10,15H,2-3,6-8H2,1H3/t10-/m1/s1. The summed E-state index contributed by atoms with van der Waals surface area (Å²) < 4.78 is 5.03. The lowest BCUT2D eigenvalue weighted by molar-refractivity contribution is 0.153. The van der Waals surface area contributed by atoms with Crippen molar-refractivity contribution < 1.29 is 9.84 Å². The van der Waals surface area contributed by atoms with Gasteiger partial charge < -0.3 is 14.7 Å². The Hall–Kier alpha value is -1.20. The fraction of sp³-hybridized carbons (Fsp3) is 0.636. The Morgan fingerprint density at radius 2 is 2.50 bits per heavy atom. The van der Waals surface area contributed by atoms with Gasteiger partial charge in [0, 0.05) is 26.4 Å². The highest BCUT2D eigenvalue weighted by atomic mass is 16.5. The number of aliphatic hydroxyl groups excluding tert-OH is 1. The highest BCUT2D eigenvalue weighted by Gasteiger charge is 2.19. The first kappa shape index (κ1) is 11.3. The van der Waals surface area contributed by atoms with Crippen molar-refractivity contribution in [2.45, 2.75) is 25.6 Å². The van der Waals surface area contributed by atoms with Crippen LogP contribution in [0.2, 0.25) is 0 Å². The summed E-state index contributed by atoms with van der Waals surface area (Å²) >= 11 is 0. The average molecular weight is 223 g/mol. The summed E-state index contributed by atoms with van der Waals surface area (Å²) in [5.74, 6) is 0.688. The first-order valence-corrected chi connectivity index (χ1v) is 5.53. The quantitative estimate of drug-likeness (QED) is 0.812. The molecule has 0 amide bonds. The number of anilines is 1. The van der Waals surface area contributed by atoms with Crippen molar-refractivity contribution in [3.63, 3.8) is 0 Å². The molecule has 1 aromatic heterocycles. The van der Waals surface area contributed by atoms with Crippen LogP contribution in [-0.4, -0.2) is 41.4 Å². The number of hydrogen-bond donors (Lipinski definition) is 1. The normalized spacial score (nSPS) is 21.1. The lowest BCUT2D eigenvalue weighted by Gasteiger charge is -2.30. The van der Waals surface area contributed by atoms with Crippen LogP contribution in [0.4, 0.5) is 5.95 Å². The van der Waals surface area contributed by atoms with Gasteiger partial charge in [-0.25, -0.2) is 9.97 Å². The topological polar surface area (TPSA) is 58.5 Å². The molecule has 1 fully saturated rings. The lowest BCUT2D eigenvalue weighted by Crippen LogP contribution is -2.39. The summed E-state index contributed by atoms with van der Waals surface area (Å²) in [7, 11) is 1.65. The number of β-amino-alcohol motifs (C(OH)–C–C–N with tert-alkyl or cyclic N) is 1. The number of methoxy groups -OCH3 is 1. The number of piperidine rings is 1. The Balaban J connectivity index is 2.09. The molecule has 0 saturated carbocycles. The van der Waals surface area contributed by atoms with Gasteiger partial charge in [-0.3, -0.25) is 0 Å². The van der Waals surface area contributed by atoms with Gasteiger partial charge in [-0.15, -0.1) is 0 Å². The molecule has 0 aliphatic carbocycles. The van der Waals surface area contributed by atoms with Crippen molar-refractivity contribution in [1.29, 1.82) is 0 Å². The molecule has 0 unspecified atom stereocenters. The van der Waals surface area contributed by atoms with Crippen LogP contribution in [0.3, 0.4) is 0 Å². The first-order valence-electron chi connectivity index (χ1n) is 5.53. The Bertz CT molecular complexity index is 346. The van der Waals surface area contributed by atoms with E-state index in [0.29, 0.717) is 19.1 Å². The number of hydrogen-bond acceptors (Lipinski definition) is 5. The van der Waals surface area contributed by atoms with Crippen LogP contribution in [0.5, 0.6) is 0 Å². The molecule has 1 saturated heterocycles. The van der Waals surface area contributed by atoms with Crippen molar-refractivity contribution in [3.05, 3.63) is 18.0 Å². The van der Waals surface area contributed by atoms with E-state index in [1.807, 2.05) is 11.0 Å². The zero-order valence-electron chi connectivity index (χ0n) is 9.46. The molecule has 0 aromatic carbocycles. The van der Waals surface area contributed by atoms with Gasteiger partial charge in [0.15, 0.2) is 0 Å². The maximum absolute atomic E-state index is 9.59. The molecule has 1 aliphatic rings. The minimum absolute atomic E-state index is 0.261. The van der Waals surface area contributed by atoms with E-state index >= 15 is 0 Å². The van der Waals surface area contributed by atoms with Gasteiger partial charge in [0.2, 0.25) is 5.95 Å². The van der Waals surface area contributed by atoms with Gasteiger partial charge in [0.1, 0.15) is 0 Å². The summed E-state index contributed by atoms with van der Waals surface area (Å²) in [5, 5.41) is 9.59. The van der Waals surface area contributed by atoms with E-state index in [1.165, 1.54) is 0 Å². The molecule has 2 rings (SSSR count). The fourth-order valence-electron chi connectivity index (χ4n) is 1.90. The van der Waals surface area contributed by atoms with Gasteiger partial charge in [0.25, 0.3) is 0 Å². The molecular formula is C11H17N3O2. The SMILES string of the molecule is COCc1ccnc(N2CCC[C@@H](O)C2)n1. The summed E-state index contributed by atoms with van der Waals surface area (Å²) in [6.07, 6.45) is 3.33. The fourth-order valence-corrected chi connectivity index (χ4v) is 1.90. The third-order valence-electron chi connectivity index (χ3n) is 2.67. The minimum Gasteiger partial charge on any atom is -0.391 e. The second kappa shape index (κ2) is 5.23. The molecule has 88 valence electrons. The van der Waals surface area contributed by atoms with Gasteiger partial charge in [-0.1, -0.05) is 0 Å². The predicted molar refractivity (Wildman–Crippen MR) is 60.2 cm³/mol. The lowest BCUT2D eigenvalue weighted by atomic mass is 10.1. The minimum atomic E-state index is -0.261. The average Bonchev–Trinajstić information content (AvgIpc) is 2.30. The molecule has 16 heavy (non-hydrogen) atoms. The third-order valence-corrected chi connectivity index (χ3v) is 2.67. The molecule has 0 radical (unpaired) electrons. The molecule has 1 aliphatic heterocycles. The zero-order chi connectivity index (χ0) is 11.4. The van der Waals surface area contributed by atoms with Crippen LogP contribution < -0.4 is 4.90 Å². The molecular weight excluding hydrogens is 206 g/mol. The Labute approximate surface area is 95.1 Å². The second-order valence-electron chi connectivity index (χ2n) is 4.02. The van der Waals surface area contributed by atoms with E-state index in [4.69, 9.17) is 4.74 Å². The maximum atomic E-state index is 9.59. The Morgan fingerprint density at radius 1 is 1.62 bits per heavy atom. The van der Waals surface area contributed by atoms with E-state index in [1.54, 1.807) is 13.3 Å². The third kappa shape index (κ3) is 2.68. The predicted octanol–water partition coefficient (Wildman–Crippen LogP) is 0.584. The van der Waals surface area contributed by atoms with E-state index in [-0.39, 0.29) is 6.10 Å². The summed E-state index contributed by atoms with van der Waals surface area (Å²) in [6, 6.07) is 1.84. The molecule has 1 N–H and O–H groups in total. The van der Waals surface area contributed by atoms with Gasteiger partial charge in [0.05, 0.1) is 18.4 Å². The molecule has 1 atom stereocenters. The maximum Gasteiger partial charge on any atom is 0.225 e. The van der Waals surface area contributed by atoms with Crippen LogP contribution in [0.1, 0.15) is 18.5 Å². The van der Waals surface area contributed by atoms with Gasteiger partial charge in [-0.2, -0.15) is 0 Å². The zero-order valence-corrected chi connectivity index (χ0v) is 9.46. The van der Waals surface area contributed by atoms with Crippen LogP contribution in [0.15, 0.2) is 12.3 Å². The van der Waals surface area contributed by atoms with Crippen LogP contribution in [-0.2, 0) is 11.3 Å². The summed E-state index contributed by atoms with van der Waals surface area (Å²) in [5.41, 5.74) is 0.868. The summed E-state index contributed by atoms with van der Waals surface area (Å²) in [4.78, 5) is 10.6. The molecule has 0 bridgehead atoms. The number of nitrogens with zero attached hydrogens (tertiary/aromatic N) is 3. The Kier molecular flexibility index (Phi) is 3.69. The monoisotopic (exact) mass is 223 g/mol. The van der Waals surface area contributed by atoms with Crippen LogP contribution >= 0.6 is 0 Å². The van der Waals surface area contributed by atoms with Gasteiger partial charge >= 0.3 is 0 Å². The largest absolute Gasteiger partial charge is 0.391 e. The van der Waals surface area contributed by atoms with Crippen molar-refractivity contribution in [3.8, 4) is 0 Å². The highest BCUT2D eigenvalue weighted by molar-refractivity contribution is 5.31. The van der Waals surface area contributed by atoms with E-state index in [0.717, 1.165) is 25.1 Å². The molecule has 1 aromatic rings. The van der Waals surface area contributed by atoms with Crippen molar-refractivity contribution in [1.82, 2.24) is 9.97 Å². The van der Waals surface area contributed by atoms with Gasteiger partial charge in [-0.05, 0) is 18.9 Å². The molecule has 5 nitrogen and oxygen atoms in total.